The molecule has 0 saturated heterocycles. The molecule has 0 N–H and O–H groups in total. The molecule has 4 nitrogen and oxygen atoms in total. The van der Waals surface area contributed by atoms with Gasteiger partial charge in [-0.2, -0.15) is 0 Å². The molecule has 0 bridgehead atoms. The summed E-state index contributed by atoms with van der Waals surface area (Å²) >= 11 is 0. The van der Waals surface area contributed by atoms with Crippen molar-refractivity contribution in [1.29, 1.82) is 0 Å². The van der Waals surface area contributed by atoms with E-state index >= 15 is 0 Å². The van der Waals surface area contributed by atoms with Crippen molar-refractivity contribution in [3.63, 3.8) is 0 Å². The first-order valence-corrected chi connectivity index (χ1v) is 6.76. The second-order valence-electron chi connectivity index (χ2n) is 6.02. The van der Waals surface area contributed by atoms with Gasteiger partial charge in [0.05, 0.1) is 27.7 Å². The SMILES string of the molecule is C[N+](C)(C)C1CC=CC(=O)N(Cc2ccccc2)C1=O. The lowest BCUT2D eigenvalue weighted by Gasteiger charge is -2.34. The van der Waals surface area contributed by atoms with E-state index in [-0.39, 0.29) is 17.9 Å². The third kappa shape index (κ3) is 3.14. The van der Waals surface area contributed by atoms with Crippen LogP contribution in [0, 0.1) is 0 Å². The molecule has 0 radical (unpaired) electrons. The van der Waals surface area contributed by atoms with E-state index in [9.17, 15) is 9.59 Å². The van der Waals surface area contributed by atoms with E-state index in [0.717, 1.165) is 5.56 Å². The van der Waals surface area contributed by atoms with Crippen LogP contribution in [0.25, 0.3) is 0 Å². The van der Waals surface area contributed by atoms with Gasteiger partial charge in [-0.05, 0) is 11.6 Å². The van der Waals surface area contributed by atoms with Crippen LogP contribution in [0.15, 0.2) is 42.5 Å². The van der Waals surface area contributed by atoms with Crippen LogP contribution in [0.1, 0.15) is 12.0 Å². The van der Waals surface area contributed by atoms with Crippen molar-refractivity contribution in [2.75, 3.05) is 21.1 Å². The molecule has 1 atom stereocenters. The molecular formula is C16H21N2O2+. The molecule has 0 spiro atoms. The monoisotopic (exact) mass is 273 g/mol. The summed E-state index contributed by atoms with van der Waals surface area (Å²) < 4.78 is 0.516. The van der Waals surface area contributed by atoms with Gasteiger partial charge in [-0.15, -0.1) is 0 Å². The number of hydrogen-bond donors (Lipinski definition) is 0. The van der Waals surface area contributed by atoms with Gasteiger partial charge < -0.3 is 4.48 Å². The zero-order valence-electron chi connectivity index (χ0n) is 12.2. The van der Waals surface area contributed by atoms with E-state index in [1.165, 1.54) is 11.0 Å². The van der Waals surface area contributed by atoms with Crippen molar-refractivity contribution >= 4 is 11.8 Å². The van der Waals surface area contributed by atoms with Gasteiger partial charge in [0, 0.05) is 6.42 Å². The van der Waals surface area contributed by atoms with Crippen molar-refractivity contribution in [2.24, 2.45) is 0 Å². The molecule has 1 aliphatic heterocycles. The lowest BCUT2D eigenvalue weighted by atomic mass is 10.1. The van der Waals surface area contributed by atoms with Crippen LogP contribution in [0.5, 0.6) is 0 Å². The molecule has 1 aromatic rings. The molecule has 0 aliphatic carbocycles. The molecule has 1 aliphatic rings. The maximum Gasteiger partial charge on any atom is 0.288 e. The van der Waals surface area contributed by atoms with Crippen LogP contribution in [0.4, 0.5) is 0 Å². The Morgan fingerprint density at radius 3 is 2.40 bits per heavy atom. The van der Waals surface area contributed by atoms with E-state index in [1.807, 2.05) is 51.5 Å². The normalized spacial score (nSPS) is 20.1. The van der Waals surface area contributed by atoms with Gasteiger partial charge in [-0.25, -0.2) is 0 Å². The Balaban J connectivity index is 2.27. The highest BCUT2D eigenvalue weighted by molar-refractivity contribution is 6.03. The number of amides is 2. The predicted molar refractivity (Wildman–Crippen MR) is 77.6 cm³/mol. The standard InChI is InChI=1S/C16H21N2O2/c1-18(2,3)14-10-7-11-15(19)17(16(14)20)12-13-8-5-4-6-9-13/h4-9,11,14H,10,12H2,1-3H3/q+1. The summed E-state index contributed by atoms with van der Waals surface area (Å²) in [6.07, 6.45) is 3.91. The summed E-state index contributed by atoms with van der Waals surface area (Å²) in [5.74, 6) is -0.328. The summed E-state index contributed by atoms with van der Waals surface area (Å²) in [6.45, 7) is 0.333. The van der Waals surface area contributed by atoms with E-state index in [1.54, 1.807) is 6.08 Å². The molecular weight excluding hydrogens is 252 g/mol. The second-order valence-corrected chi connectivity index (χ2v) is 6.02. The lowest BCUT2D eigenvalue weighted by molar-refractivity contribution is -0.886. The Labute approximate surface area is 119 Å². The van der Waals surface area contributed by atoms with Crippen molar-refractivity contribution < 1.29 is 14.1 Å². The largest absolute Gasteiger partial charge is 0.320 e. The average molecular weight is 273 g/mol. The number of benzene rings is 1. The number of carbonyl (C=O) groups is 2. The fourth-order valence-electron chi connectivity index (χ4n) is 2.35. The number of nitrogens with zero attached hydrogens (tertiary/aromatic N) is 2. The van der Waals surface area contributed by atoms with Gasteiger partial charge in [0.2, 0.25) is 0 Å². The Morgan fingerprint density at radius 2 is 1.80 bits per heavy atom. The number of rotatable bonds is 3. The highest BCUT2D eigenvalue weighted by Gasteiger charge is 2.37. The van der Waals surface area contributed by atoms with E-state index in [2.05, 4.69) is 0 Å². The molecule has 1 aromatic carbocycles. The molecule has 1 unspecified atom stereocenters. The summed E-state index contributed by atoms with van der Waals surface area (Å²) in [5, 5.41) is 0. The number of quaternary nitrogens is 1. The minimum Gasteiger partial charge on any atom is -0.320 e. The van der Waals surface area contributed by atoms with Gasteiger partial charge in [-0.3, -0.25) is 14.5 Å². The zero-order chi connectivity index (χ0) is 14.8. The summed E-state index contributed by atoms with van der Waals surface area (Å²) in [5.41, 5.74) is 0.963. The minimum atomic E-state index is -0.227. The molecule has 106 valence electrons. The third-order valence-corrected chi connectivity index (χ3v) is 3.56. The molecule has 1 heterocycles. The summed E-state index contributed by atoms with van der Waals surface area (Å²) in [6, 6.07) is 9.38. The van der Waals surface area contributed by atoms with Crippen LogP contribution in [-0.4, -0.2) is 48.4 Å². The smallest absolute Gasteiger partial charge is 0.288 e. The molecule has 0 fully saturated rings. The van der Waals surface area contributed by atoms with Crippen LogP contribution in [0.3, 0.4) is 0 Å². The molecule has 4 heteroatoms. The molecule has 0 saturated carbocycles. The van der Waals surface area contributed by atoms with Crippen molar-refractivity contribution in [2.45, 2.75) is 19.0 Å². The van der Waals surface area contributed by atoms with Gasteiger partial charge in [-0.1, -0.05) is 36.4 Å². The number of hydrogen-bond acceptors (Lipinski definition) is 2. The maximum absolute atomic E-state index is 12.7. The third-order valence-electron chi connectivity index (χ3n) is 3.56. The molecule has 2 amide bonds. The predicted octanol–water partition coefficient (Wildman–Crippen LogP) is 1.58. The van der Waals surface area contributed by atoms with Crippen LogP contribution in [-0.2, 0) is 16.1 Å². The second kappa shape index (κ2) is 5.59. The highest BCUT2D eigenvalue weighted by Crippen LogP contribution is 2.18. The lowest BCUT2D eigenvalue weighted by Crippen LogP contribution is -2.54. The van der Waals surface area contributed by atoms with Gasteiger partial charge >= 0.3 is 0 Å². The first kappa shape index (κ1) is 14.5. The van der Waals surface area contributed by atoms with Crippen LogP contribution < -0.4 is 0 Å². The zero-order valence-corrected chi connectivity index (χ0v) is 12.2. The Bertz CT molecular complexity index is 529. The summed E-state index contributed by atoms with van der Waals surface area (Å²) in [4.78, 5) is 26.1. The van der Waals surface area contributed by atoms with Crippen molar-refractivity contribution in [3.8, 4) is 0 Å². The first-order chi connectivity index (χ1) is 9.39. The fourth-order valence-corrected chi connectivity index (χ4v) is 2.35. The average Bonchev–Trinajstić information content (AvgIpc) is 2.52. The molecule has 0 aromatic heterocycles. The maximum atomic E-state index is 12.7. The molecule has 20 heavy (non-hydrogen) atoms. The topological polar surface area (TPSA) is 37.4 Å². The quantitative estimate of drug-likeness (QED) is 0.619. The van der Waals surface area contributed by atoms with Crippen molar-refractivity contribution in [1.82, 2.24) is 4.90 Å². The number of carbonyl (C=O) groups excluding carboxylic acids is 2. The Morgan fingerprint density at radius 1 is 1.15 bits per heavy atom. The van der Waals surface area contributed by atoms with E-state index in [0.29, 0.717) is 17.4 Å². The minimum absolute atomic E-state index is 0.101. The van der Waals surface area contributed by atoms with Crippen LogP contribution >= 0.6 is 0 Å². The Kier molecular flexibility index (Phi) is 4.04. The summed E-state index contributed by atoms with van der Waals surface area (Å²) in [7, 11) is 5.94. The number of likely N-dealkylation sites (N-methyl/N-ethyl adjacent to an activating group) is 1. The fraction of sp³-hybridized carbons (Fsp3) is 0.375. The van der Waals surface area contributed by atoms with Gasteiger partial charge in [0.15, 0.2) is 6.04 Å². The van der Waals surface area contributed by atoms with E-state index in [4.69, 9.17) is 0 Å². The van der Waals surface area contributed by atoms with Crippen molar-refractivity contribution in [3.05, 3.63) is 48.0 Å². The van der Waals surface area contributed by atoms with Crippen LogP contribution in [0.2, 0.25) is 0 Å². The van der Waals surface area contributed by atoms with Gasteiger partial charge in [0.25, 0.3) is 11.8 Å². The highest BCUT2D eigenvalue weighted by atomic mass is 16.2. The van der Waals surface area contributed by atoms with Gasteiger partial charge in [0.1, 0.15) is 0 Å². The molecule has 2 rings (SSSR count). The Hall–Kier alpha value is -1.94. The first-order valence-electron chi connectivity index (χ1n) is 6.76. The van der Waals surface area contributed by atoms with E-state index < -0.39 is 0 Å². The number of imide groups is 1.